The molecule has 19 heavy (non-hydrogen) atoms. The summed E-state index contributed by atoms with van der Waals surface area (Å²) in [6, 6.07) is 10.3. The summed E-state index contributed by atoms with van der Waals surface area (Å²) in [7, 11) is 1.47. The van der Waals surface area contributed by atoms with Crippen molar-refractivity contribution >= 4 is 12.0 Å². The summed E-state index contributed by atoms with van der Waals surface area (Å²) in [6.45, 7) is 0. The van der Waals surface area contributed by atoms with Crippen molar-refractivity contribution in [2.75, 3.05) is 7.11 Å². The van der Waals surface area contributed by atoms with E-state index in [4.69, 9.17) is 4.74 Å². The first kappa shape index (κ1) is 13.9. The van der Waals surface area contributed by atoms with Gasteiger partial charge in [-0.05, 0) is 30.2 Å². The summed E-state index contributed by atoms with van der Waals surface area (Å²) in [5, 5.41) is 0. The molecular weight excluding hydrogens is 236 g/mol. The Labute approximate surface area is 115 Å². The van der Waals surface area contributed by atoms with Crippen LogP contribution in [0.15, 0.2) is 36.4 Å². The minimum Gasteiger partial charge on any atom is -0.469 e. The van der Waals surface area contributed by atoms with Crippen LogP contribution in [0, 0.1) is 11.8 Å². The predicted octanol–water partition coefficient (Wildman–Crippen LogP) is 4.07. The quantitative estimate of drug-likeness (QED) is 0.761. The highest BCUT2D eigenvalue weighted by molar-refractivity contribution is 5.69. The van der Waals surface area contributed by atoms with E-state index in [-0.39, 0.29) is 5.97 Å². The van der Waals surface area contributed by atoms with Crippen molar-refractivity contribution in [3.8, 4) is 0 Å². The number of esters is 1. The van der Waals surface area contributed by atoms with Crippen LogP contribution in [-0.4, -0.2) is 13.1 Å². The van der Waals surface area contributed by atoms with Gasteiger partial charge in [-0.1, -0.05) is 55.3 Å². The van der Waals surface area contributed by atoms with E-state index >= 15 is 0 Å². The fraction of sp³-hybridized carbons (Fsp3) is 0.471. The van der Waals surface area contributed by atoms with E-state index in [0.29, 0.717) is 18.3 Å². The summed E-state index contributed by atoms with van der Waals surface area (Å²) in [6.07, 6.45) is 9.84. The normalized spacial score (nSPS) is 23.4. The zero-order valence-electron chi connectivity index (χ0n) is 11.5. The summed E-state index contributed by atoms with van der Waals surface area (Å²) in [5.74, 6) is 0.874. The van der Waals surface area contributed by atoms with Gasteiger partial charge in [-0.3, -0.25) is 4.79 Å². The molecule has 0 radical (unpaired) electrons. The van der Waals surface area contributed by atoms with Gasteiger partial charge >= 0.3 is 5.97 Å². The molecule has 2 atom stereocenters. The van der Waals surface area contributed by atoms with Crippen molar-refractivity contribution in [2.24, 2.45) is 11.8 Å². The van der Waals surface area contributed by atoms with Crippen LogP contribution in [0.1, 0.15) is 37.7 Å². The number of ether oxygens (including phenoxy) is 1. The van der Waals surface area contributed by atoms with Crippen molar-refractivity contribution in [2.45, 2.75) is 32.1 Å². The number of hydrogen-bond donors (Lipinski definition) is 0. The molecule has 0 amide bonds. The lowest BCUT2D eigenvalue weighted by Gasteiger charge is -2.28. The van der Waals surface area contributed by atoms with Crippen LogP contribution >= 0.6 is 0 Å². The second-order valence-electron chi connectivity index (χ2n) is 5.26. The summed E-state index contributed by atoms with van der Waals surface area (Å²) in [4.78, 5) is 11.5. The Morgan fingerprint density at radius 3 is 2.74 bits per heavy atom. The highest BCUT2D eigenvalue weighted by Crippen LogP contribution is 2.33. The Morgan fingerprint density at radius 1 is 1.26 bits per heavy atom. The molecule has 1 aromatic rings. The summed E-state index contributed by atoms with van der Waals surface area (Å²) in [5.41, 5.74) is 1.23. The second kappa shape index (κ2) is 7.13. The van der Waals surface area contributed by atoms with Crippen LogP contribution < -0.4 is 0 Å². The van der Waals surface area contributed by atoms with E-state index in [9.17, 15) is 4.79 Å². The third-order valence-electron chi connectivity index (χ3n) is 3.96. The average molecular weight is 258 g/mol. The van der Waals surface area contributed by atoms with E-state index in [1.807, 2.05) is 18.2 Å². The van der Waals surface area contributed by atoms with Gasteiger partial charge in [0.1, 0.15) is 0 Å². The van der Waals surface area contributed by atoms with Crippen molar-refractivity contribution in [1.82, 2.24) is 0 Å². The zero-order valence-corrected chi connectivity index (χ0v) is 11.5. The Balaban J connectivity index is 1.99. The molecule has 0 aromatic heterocycles. The molecule has 0 saturated heterocycles. The SMILES string of the molecule is COC(=O)C[C@@H]1CCCC[C@@H]1/C=C/c1ccccc1. The molecule has 0 unspecified atom stereocenters. The second-order valence-corrected chi connectivity index (χ2v) is 5.26. The van der Waals surface area contributed by atoms with Gasteiger partial charge in [-0.25, -0.2) is 0 Å². The Hall–Kier alpha value is -1.57. The molecule has 1 aliphatic rings. The molecule has 2 nitrogen and oxygen atoms in total. The third-order valence-corrected chi connectivity index (χ3v) is 3.96. The Bertz CT molecular complexity index is 422. The molecule has 0 spiro atoms. The fourth-order valence-corrected chi connectivity index (χ4v) is 2.84. The molecule has 0 N–H and O–H groups in total. The van der Waals surface area contributed by atoms with Gasteiger partial charge in [-0.2, -0.15) is 0 Å². The highest BCUT2D eigenvalue weighted by atomic mass is 16.5. The number of carbonyl (C=O) groups is 1. The monoisotopic (exact) mass is 258 g/mol. The summed E-state index contributed by atoms with van der Waals surface area (Å²) < 4.78 is 4.80. The van der Waals surface area contributed by atoms with Gasteiger partial charge in [0.25, 0.3) is 0 Å². The van der Waals surface area contributed by atoms with Gasteiger partial charge in [0, 0.05) is 6.42 Å². The number of rotatable bonds is 4. The van der Waals surface area contributed by atoms with Crippen LogP contribution in [0.4, 0.5) is 0 Å². The van der Waals surface area contributed by atoms with E-state index in [2.05, 4.69) is 24.3 Å². The van der Waals surface area contributed by atoms with Crippen molar-refractivity contribution < 1.29 is 9.53 Å². The van der Waals surface area contributed by atoms with E-state index in [1.54, 1.807) is 0 Å². The first-order valence-electron chi connectivity index (χ1n) is 7.09. The summed E-state index contributed by atoms with van der Waals surface area (Å²) >= 11 is 0. The average Bonchev–Trinajstić information content (AvgIpc) is 2.47. The van der Waals surface area contributed by atoms with Crippen LogP contribution in [0.5, 0.6) is 0 Å². The fourth-order valence-electron chi connectivity index (χ4n) is 2.84. The van der Waals surface area contributed by atoms with Crippen LogP contribution in [0.2, 0.25) is 0 Å². The van der Waals surface area contributed by atoms with Crippen molar-refractivity contribution in [3.05, 3.63) is 42.0 Å². The van der Waals surface area contributed by atoms with Crippen molar-refractivity contribution in [3.63, 3.8) is 0 Å². The largest absolute Gasteiger partial charge is 0.469 e. The molecule has 2 heteroatoms. The van der Waals surface area contributed by atoms with E-state index < -0.39 is 0 Å². The topological polar surface area (TPSA) is 26.3 Å². The van der Waals surface area contributed by atoms with Crippen LogP contribution in [-0.2, 0) is 9.53 Å². The lowest BCUT2D eigenvalue weighted by atomic mass is 9.77. The molecule has 102 valence electrons. The molecule has 0 aliphatic heterocycles. The van der Waals surface area contributed by atoms with Crippen molar-refractivity contribution in [1.29, 1.82) is 0 Å². The molecular formula is C17H22O2. The number of hydrogen-bond acceptors (Lipinski definition) is 2. The maximum atomic E-state index is 11.5. The number of allylic oxidation sites excluding steroid dienone is 1. The highest BCUT2D eigenvalue weighted by Gasteiger charge is 2.25. The lowest BCUT2D eigenvalue weighted by Crippen LogP contribution is -2.21. The first-order chi connectivity index (χ1) is 9.29. The predicted molar refractivity (Wildman–Crippen MR) is 77.6 cm³/mol. The van der Waals surface area contributed by atoms with Crippen LogP contribution in [0.3, 0.4) is 0 Å². The Kier molecular flexibility index (Phi) is 5.20. The minimum absolute atomic E-state index is 0.0787. The number of carbonyl (C=O) groups excluding carboxylic acids is 1. The van der Waals surface area contributed by atoms with Gasteiger partial charge in [0.05, 0.1) is 7.11 Å². The smallest absolute Gasteiger partial charge is 0.305 e. The third kappa shape index (κ3) is 4.23. The first-order valence-corrected chi connectivity index (χ1v) is 7.09. The Morgan fingerprint density at radius 2 is 2.00 bits per heavy atom. The van der Waals surface area contributed by atoms with Gasteiger partial charge < -0.3 is 4.74 Å². The number of benzene rings is 1. The van der Waals surface area contributed by atoms with E-state index in [0.717, 1.165) is 6.42 Å². The van der Waals surface area contributed by atoms with Gasteiger partial charge in [0.15, 0.2) is 0 Å². The maximum absolute atomic E-state index is 11.5. The van der Waals surface area contributed by atoms with E-state index in [1.165, 1.54) is 31.9 Å². The molecule has 1 aliphatic carbocycles. The molecule has 1 fully saturated rings. The van der Waals surface area contributed by atoms with Gasteiger partial charge in [0.2, 0.25) is 0 Å². The maximum Gasteiger partial charge on any atom is 0.305 e. The molecule has 1 saturated carbocycles. The molecule has 0 bridgehead atoms. The lowest BCUT2D eigenvalue weighted by molar-refractivity contribution is -0.142. The minimum atomic E-state index is -0.0787. The molecule has 2 rings (SSSR count). The number of methoxy groups -OCH3 is 1. The molecule has 0 heterocycles. The standard InChI is InChI=1S/C17H22O2/c1-19-17(18)13-16-10-6-5-9-15(16)12-11-14-7-3-2-4-8-14/h2-4,7-8,11-12,15-16H,5-6,9-10,13H2,1H3/b12-11+/t15-,16+/m1/s1. The van der Waals surface area contributed by atoms with Crippen LogP contribution in [0.25, 0.3) is 6.08 Å². The van der Waals surface area contributed by atoms with Gasteiger partial charge in [-0.15, -0.1) is 0 Å². The zero-order chi connectivity index (χ0) is 13.5. The molecule has 1 aromatic carbocycles.